The van der Waals surface area contributed by atoms with Crippen LogP contribution in [-0.4, -0.2) is 29.5 Å². The van der Waals surface area contributed by atoms with Gasteiger partial charge in [0.1, 0.15) is 6.10 Å². The second-order valence-electron chi connectivity index (χ2n) is 6.47. The van der Waals surface area contributed by atoms with Gasteiger partial charge >= 0.3 is 0 Å². The van der Waals surface area contributed by atoms with Crippen molar-refractivity contribution in [3.05, 3.63) is 53.6 Å². The average Bonchev–Trinajstić information content (AvgIpc) is 3.32. The van der Waals surface area contributed by atoms with E-state index < -0.39 is 6.10 Å². The molecule has 0 radical (unpaired) electrons. The Morgan fingerprint density at radius 2 is 2.04 bits per heavy atom. The molecule has 4 rings (SSSR count). The van der Waals surface area contributed by atoms with Crippen molar-refractivity contribution in [3.63, 3.8) is 0 Å². The number of fused-ring (bicyclic) bond motifs is 1. The van der Waals surface area contributed by atoms with Crippen LogP contribution in [0.1, 0.15) is 28.8 Å². The fraction of sp³-hybridized carbons (Fsp3) is 0.250. The van der Waals surface area contributed by atoms with Crippen LogP contribution in [-0.2, 0) is 9.53 Å². The second-order valence-corrected chi connectivity index (χ2v) is 7.50. The molecule has 0 saturated carbocycles. The highest BCUT2D eigenvalue weighted by Gasteiger charge is 2.23. The van der Waals surface area contributed by atoms with Gasteiger partial charge in [0.25, 0.3) is 11.8 Å². The summed E-state index contributed by atoms with van der Waals surface area (Å²) >= 11 is 1.44. The molecule has 1 unspecified atom stereocenters. The molecule has 138 valence electrons. The van der Waals surface area contributed by atoms with Crippen molar-refractivity contribution < 1.29 is 14.3 Å². The Morgan fingerprint density at radius 3 is 2.81 bits per heavy atom. The molecule has 3 aromatic rings. The highest BCUT2D eigenvalue weighted by atomic mass is 32.1. The lowest BCUT2D eigenvalue weighted by molar-refractivity contribution is -0.124. The molecular weight excluding hydrogens is 362 g/mol. The molecule has 6 nitrogen and oxygen atoms in total. The van der Waals surface area contributed by atoms with Gasteiger partial charge in [-0.1, -0.05) is 29.5 Å². The normalized spacial score (nSPS) is 16.4. The molecule has 7 heteroatoms. The highest BCUT2D eigenvalue weighted by Crippen LogP contribution is 2.28. The first-order valence-electron chi connectivity index (χ1n) is 8.80. The highest BCUT2D eigenvalue weighted by molar-refractivity contribution is 7.22. The van der Waals surface area contributed by atoms with E-state index in [-0.39, 0.29) is 11.8 Å². The van der Waals surface area contributed by atoms with Gasteiger partial charge < -0.3 is 10.1 Å². The van der Waals surface area contributed by atoms with Crippen molar-refractivity contribution in [1.82, 2.24) is 4.98 Å². The van der Waals surface area contributed by atoms with E-state index in [4.69, 9.17) is 4.74 Å². The predicted octanol–water partition coefficient (Wildman–Crippen LogP) is 3.97. The Bertz CT molecular complexity index is 1010. The van der Waals surface area contributed by atoms with E-state index in [1.807, 2.05) is 25.1 Å². The predicted molar refractivity (Wildman–Crippen MR) is 106 cm³/mol. The summed E-state index contributed by atoms with van der Waals surface area (Å²) < 4.78 is 6.41. The zero-order chi connectivity index (χ0) is 18.8. The van der Waals surface area contributed by atoms with Gasteiger partial charge in [0.2, 0.25) is 0 Å². The minimum atomic E-state index is -0.409. The Kier molecular flexibility index (Phi) is 4.87. The molecule has 1 aliphatic heterocycles. The van der Waals surface area contributed by atoms with Crippen LogP contribution in [0.15, 0.2) is 42.5 Å². The van der Waals surface area contributed by atoms with E-state index >= 15 is 0 Å². The first kappa shape index (κ1) is 17.6. The van der Waals surface area contributed by atoms with Crippen molar-refractivity contribution >= 4 is 44.2 Å². The topological polar surface area (TPSA) is 80.3 Å². The van der Waals surface area contributed by atoms with Crippen LogP contribution in [0, 0.1) is 6.92 Å². The first-order valence-corrected chi connectivity index (χ1v) is 9.62. The van der Waals surface area contributed by atoms with Gasteiger partial charge in [0, 0.05) is 17.9 Å². The van der Waals surface area contributed by atoms with Gasteiger partial charge in [-0.3, -0.25) is 14.9 Å². The third kappa shape index (κ3) is 3.84. The molecule has 1 aliphatic rings. The number of thiazole rings is 1. The van der Waals surface area contributed by atoms with Crippen LogP contribution >= 0.6 is 11.3 Å². The molecule has 1 aromatic heterocycles. The van der Waals surface area contributed by atoms with Gasteiger partial charge in [0.15, 0.2) is 5.13 Å². The Balaban J connectivity index is 1.48. The summed E-state index contributed by atoms with van der Waals surface area (Å²) in [6.45, 7) is 2.61. The van der Waals surface area contributed by atoms with Gasteiger partial charge in [-0.2, -0.15) is 0 Å². The average molecular weight is 381 g/mol. The van der Waals surface area contributed by atoms with E-state index in [2.05, 4.69) is 15.6 Å². The summed E-state index contributed by atoms with van der Waals surface area (Å²) in [5.74, 6) is -0.438. The lowest BCUT2D eigenvalue weighted by Gasteiger charge is -2.11. The standard InChI is InChI=1S/C20H19N3O3S/c1-12-5-2-9-16-17(12)22-20(27-16)23-18(24)13-6-3-7-14(11-13)21-19(25)15-8-4-10-26-15/h2-3,5-7,9,11,15H,4,8,10H2,1H3,(H,21,25)(H,22,23,24). The van der Waals surface area contributed by atoms with E-state index in [1.165, 1.54) is 11.3 Å². The van der Waals surface area contributed by atoms with Crippen molar-refractivity contribution in [3.8, 4) is 0 Å². The molecule has 2 aromatic carbocycles. The smallest absolute Gasteiger partial charge is 0.257 e. The number of hydrogen-bond acceptors (Lipinski definition) is 5. The lowest BCUT2D eigenvalue weighted by Crippen LogP contribution is -2.27. The van der Waals surface area contributed by atoms with Gasteiger partial charge in [0.05, 0.1) is 10.2 Å². The summed E-state index contributed by atoms with van der Waals surface area (Å²) in [7, 11) is 0. The number of ether oxygens (including phenoxy) is 1. The Hall–Kier alpha value is -2.77. The van der Waals surface area contributed by atoms with Crippen LogP contribution in [0.3, 0.4) is 0 Å². The van der Waals surface area contributed by atoms with Crippen molar-refractivity contribution in [2.24, 2.45) is 0 Å². The number of para-hydroxylation sites is 1. The van der Waals surface area contributed by atoms with Crippen LogP contribution < -0.4 is 10.6 Å². The minimum absolute atomic E-state index is 0.174. The van der Waals surface area contributed by atoms with E-state index in [1.54, 1.807) is 24.3 Å². The van der Waals surface area contributed by atoms with Crippen molar-refractivity contribution in [2.75, 3.05) is 17.2 Å². The molecule has 2 heterocycles. The first-order chi connectivity index (χ1) is 13.1. The molecule has 0 bridgehead atoms. The molecule has 2 amide bonds. The van der Waals surface area contributed by atoms with Gasteiger partial charge in [-0.05, 0) is 49.6 Å². The zero-order valence-electron chi connectivity index (χ0n) is 14.8. The number of aryl methyl sites for hydroxylation is 1. The summed E-state index contributed by atoms with van der Waals surface area (Å²) in [6.07, 6.45) is 1.21. The number of amides is 2. The fourth-order valence-electron chi connectivity index (χ4n) is 3.05. The van der Waals surface area contributed by atoms with E-state index in [9.17, 15) is 9.59 Å². The Morgan fingerprint density at radius 1 is 1.19 bits per heavy atom. The monoisotopic (exact) mass is 381 g/mol. The SMILES string of the molecule is Cc1cccc2sc(NC(=O)c3cccc(NC(=O)C4CCCO4)c3)nc12. The molecule has 1 atom stereocenters. The summed E-state index contributed by atoms with van der Waals surface area (Å²) in [6, 6.07) is 12.8. The number of hydrogen-bond donors (Lipinski definition) is 2. The van der Waals surface area contributed by atoms with Gasteiger partial charge in [-0.15, -0.1) is 0 Å². The van der Waals surface area contributed by atoms with E-state index in [0.29, 0.717) is 23.0 Å². The van der Waals surface area contributed by atoms with Crippen molar-refractivity contribution in [2.45, 2.75) is 25.9 Å². The fourth-order valence-corrected chi connectivity index (χ4v) is 3.99. The third-order valence-electron chi connectivity index (χ3n) is 4.46. The number of nitrogens with one attached hydrogen (secondary N) is 2. The molecule has 1 fully saturated rings. The number of aromatic nitrogens is 1. The summed E-state index contributed by atoms with van der Waals surface area (Å²) in [4.78, 5) is 29.3. The maximum absolute atomic E-state index is 12.6. The van der Waals surface area contributed by atoms with E-state index in [0.717, 1.165) is 28.6 Å². The maximum Gasteiger partial charge on any atom is 0.257 e. The number of anilines is 2. The molecule has 1 saturated heterocycles. The number of carbonyl (C=O) groups excluding carboxylic acids is 2. The molecule has 27 heavy (non-hydrogen) atoms. The zero-order valence-corrected chi connectivity index (χ0v) is 15.6. The Labute approximate surface area is 160 Å². The largest absolute Gasteiger partial charge is 0.368 e. The van der Waals surface area contributed by atoms with Crippen LogP contribution in [0.25, 0.3) is 10.2 Å². The number of benzene rings is 2. The van der Waals surface area contributed by atoms with Gasteiger partial charge in [-0.25, -0.2) is 4.98 Å². The second kappa shape index (κ2) is 7.46. The molecule has 0 aliphatic carbocycles. The quantitative estimate of drug-likeness (QED) is 0.716. The van der Waals surface area contributed by atoms with Crippen LogP contribution in [0.4, 0.5) is 10.8 Å². The maximum atomic E-state index is 12.6. The minimum Gasteiger partial charge on any atom is -0.368 e. The van der Waals surface area contributed by atoms with Crippen LogP contribution in [0.2, 0.25) is 0 Å². The molecule has 0 spiro atoms. The molecular formula is C20H19N3O3S. The number of nitrogens with zero attached hydrogens (tertiary/aromatic N) is 1. The third-order valence-corrected chi connectivity index (χ3v) is 5.39. The summed E-state index contributed by atoms with van der Waals surface area (Å²) in [5.41, 5.74) is 3.00. The molecule has 2 N–H and O–H groups in total. The summed E-state index contributed by atoms with van der Waals surface area (Å²) in [5, 5.41) is 6.21. The van der Waals surface area contributed by atoms with Crippen molar-refractivity contribution in [1.29, 1.82) is 0 Å². The number of carbonyl (C=O) groups is 2. The lowest BCUT2D eigenvalue weighted by atomic mass is 10.1. The number of rotatable bonds is 4. The van der Waals surface area contributed by atoms with Crippen LogP contribution in [0.5, 0.6) is 0 Å².